The maximum absolute atomic E-state index is 11.8. The van der Waals surface area contributed by atoms with Crippen molar-refractivity contribution in [1.29, 1.82) is 0 Å². The average molecular weight is 240 g/mol. The Morgan fingerprint density at radius 1 is 1.00 bits per heavy atom. The highest BCUT2D eigenvalue weighted by molar-refractivity contribution is 5.96. The van der Waals surface area contributed by atoms with Gasteiger partial charge in [0.15, 0.2) is 5.78 Å². The topological polar surface area (TPSA) is 26.3 Å². The monoisotopic (exact) mass is 240 g/mol. The second kappa shape index (κ2) is 6.12. The zero-order valence-electron chi connectivity index (χ0n) is 10.4. The molecule has 2 rings (SSSR count). The summed E-state index contributed by atoms with van der Waals surface area (Å²) < 4.78 is 5.43. The molecule has 2 nitrogen and oxygen atoms in total. The molecule has 0 aliphatic carbocycles. The number of hydrogen-bond acceptors (Lipinski definition) is 2. The van der Waals surface area contributed by atoms with Crippen LogP contribution in [0.1, 0.15) is 21.5 Å². The Morgan fingerprint density at radius 3 is 2.33 bits per heavy atom. The van der Waals surface area contributed by atoms with E-state index in [1.165, 1.54) is 5.56 Å². The Bertz CT molecular complexity index is 500. The Labute approximate surface area is 107 Å². The highest BCUT2D eigenvalue weighted by Crippen LogP contribution is 2.06. The summed E-state index contributed by atoms with van der Waals surface area (Å²) in [6, 6.07) is 17.3. The first kappa shape index (κ1) is 12.5. The van der Waals surface area contributed by atoms with Crippen molar-refractivity contribution in [3.8, 4) is 0 Å². The molecule has 0 aliphatic heterocycles. The van der Waals surface area contributed by atoms with Crippen molar-refractivity contribution in [2.45, 2.75) is 13.5 Å². The quantitative estimate of drug-likeness (QED) is 0.749. The third kappa shape index (κ3) is 3.54. The second-order valence-electron chi connectivity index (χ2n) is 4.27. The number of ketones is 1. The number of benzene rings is 2. The minimum absolute atomic E-state index is 0.0164. The van der Waals surface area contributed by atoms with E-state index < -0.39 is 0 Å². The first-order chi connectivity index (χ1) is 8.75. The van der Waals surface area contributed by atoms with Gasteiger partial charge in [0.05, 0.1) is 6.61 Å². The molecule has 0 saturated carbocycles. The fourth-order valence-electron chi connectivity index (χ4n) is 1.65. The number of aryl methyl sites for hydroxylation is 1. The van der Waals surface area contributed by atoms with E-state index in [0.29, 0.717) is 12.2 Å². The lowest BCUT2D eigenvalue weighted by atomic mass is 10.1. The van der Waals surface area contributed by atoms with Crippen LogP contribution in [0.4, 0.5) is 0 Å². The van der Waals surface area contributed by atoms with Crippen LogP contribution in [0.5, 0.6) is 0 Å². The summed E-state index contributed by atoms with van der Waals surface area (Å²) in [6.07, 6.45) is 0. The fourth-order valence-corrected chi connectivity index (χ4v) is 1.65. The molecule has 2 heteroatoms. The summed E-state index contributed by atoms with van der Waals surface area (Å²) in [6.45, 7) is 2.64. The van der Waals surface area contributed by atoms with Gasteiger partial charge in [-0.1, -0.05) is 60.2 Å². The molecule has 0 atom stereocenters. The van der Waals surface area contributed by atoms with E-state index >= 15 is 0 Å². The summed E-state index contributed by atoms with van der Waals surface area (Å²) >= 11 is 0. The van der Waals surface area contributed by atoms with Gasteiger partial charge in [0.1, 0.15) is 6.61 Å². The molecule has 2 aromatic rings. The van der Waals surface area contributed by atoms with Gasteiger partial charge in [-0.2, -0.15) is 0 Å². The van der Waals surface area contributed by atoms with E-state index in [2.05, 4.69) is 0 Å². The van der Waals surface area contributed by atoms with Gasteiger partial charge < -0.3 is 4.74 Å². The van der Waals surface area contributed by atoms with Crippen LogP contribution in [-0.2, 0) is 11.3 Å². The molecule has 0 saturated heterocycles. The summed E-state index contributed by atoms with van der Waals surface area (Å²) in [7, 11) is 0. The zero-order valence-corrected chi connectivity index (χ0v) is 10.4. The fraction of sp³-hybridized carbons (Fsp3) is 0.188. The van der Waals surface area contributed by atoms with Crippen LogP contribution in [0.2, 0.25) is 0 Å². The standard InChI is InChI=1S/C16H16O2/c1-13-7-9-14(10-8-13)11-18-12-16(17)15-5-3-2-4-6-15/h2-10H,11-12H2,1H3. The largest absolute Gasteiger partial charge is 0.369 e. The number of Topliss-reactive ketones (excluding diaryl/α,β-unsaturated/α-hetero) is 1. The summed E-state index contributed by atoms with van der Waals surface area (Å²) in [5.74, 6) is 0.0164. The molecule has 0 N–H and O–H groups in total. The van der Waals surface area contributed by atoms with Crippen LogP contribution in [0.25, 0.3) is 0 Å². The molecule has 0 amide bonds. The van der Waals surface area contributed by atoms with Crippen molar-refractivity contribution in [1.82, 2.24) is 0 Å². The van der Waals surface area contributed by atoms with Gasteiger partial charge in [-0.25, -0.2) is 0 Å². The molecule has 92 valence electrons. The Hall–Kier alpha value is -1.93. The molecule has 18 heavy (non-hydrogen) atoms. The van der Waals surface area contributed by atoms with Crippen LogP contribution >= 0.6 is 0 Å². The van der Waals surface area contributed by atoms with Crippen molar-refractivity contribution in [3.63, 3.8) is 0 Å². The molecule has 0 fully saturated rings. The van der Waals surface area contributed by atoms with Gasteiger partial charge in [0.25, 0.3) is 0 Å². The van der Waals surface area contributed by atoms with E-state index in [4.69, 9.17) is 4.74 Å². The van der Waals surface area contributed by atoms with Gasteiger partial charge >= 0.3 is 0 Å². The van der Waals surface area contributed by atoms with Gasteiger partial charge in [0, 0.05) is 5.56 Å². The van der Waals surface area contributed by atoms with Crippen molar-refractivity contribution < 1.29 is 9.53 Å². The lowest BCUT2D eigenvalue weighted by Gasteiger charge is -2.04. The SMILES string of the molecule is Cc1ccc(COCC(=O)c2ccccc2)cc1. The summed E-state index contributed by atoms with van der Waals surface area (Å²) in [4.78, 5) is 11.8. The third-order valence-electron chi connectivity index (χ3n) is 2.72. The lowest BCUT2D eigenvalue weighted by Crippen LogP contribution is -2.08. The molecule has 0 aromatic heterocycles. The molecule has 0 radical (unpaired) electrons. The normalized spacial score (nSPS) is 10.3. The van der Waals surface area contributed by atoms with Crippen LogP contribution in [0.15, 0.2) is 54.6 Å². The lowest BCUT2D eigenvalue weighted by molar-refractivity contribution is 0.0726. The minimum Gasteiger partial charge on any atom is -0.369 e. The van der Waals surface area contributed by atoms with Gasteiger partial charge in [0.2, 0.25) is 0 Å². The van der Waals surface area contributed by atoms with Gasteiger partial charge in [-0.3, -0.25) is 4.79 Å². The predicted octanol–water partition coefficient (Wildman–Crippen LogP) is 3.39. The maximum Gasteiger partial charge on any atom is 0.188 e. The first-order valence-electron chi connectivity index (χ1n) is 5.97. The number of rotatable bonds is 5. The van der Waals surface area contributed by atoms with Crippen LogP contribution in [0.3, 0.4) is 0 Å². The number of hydrogen-bond donors (Lipinski definition) is 0. The number of carbonyl (C=O) groups excluding carboxylic acids is 1. The van der Waals surface area contributed by atoms with Gasteiger partial charge in [-0.05, 0) is 12.5 Å². The second-order valence-corrected chi connectivity index (χ2v) is 4.27. The van der Waals surface area contributed by atoms with Crippen molar-refractivity contribution >= 4 is 5.78 Å². The van der Waals surface area contributed by atoms with Crippen molar-refractivity contribution in [2.75, 3.05) is 6.61 Å². The highest BCUT2D eigenvalue weighted by atomic mass is 16.5. The van der Waals surface area contributed by atoms with Crippen LogP contribution < -0.4 is 0 Å². The molecular formula is C16H16O2. The van der Waals surface area contributed by atoms with Gasteiger partial charge in [-0.15, -0.1) is 0 Å². The van der Waals surface area contributed by atoms with Crippen LogP contribution in [0, 0.1) is 6.92 Å². The van der Waals surface area contributed by atoms with E-state index in [1.54, 1.807) is 12.1 Å². The average Bonchev–Trinajstić information content (AvgIpc) is 2.42. The van der Waals surface area contributed by atoms with E-state index in [9.17, 15) is 4.79 Å². The smallest absolute Gasteiger partial charge is 0.188 e. The number of carbonyl (C=O) groups is 1. The molecule has 0 aliphatic rings. The van der Waals surface area contributed by atoms with Crippen LogP contribution in [-0.4, -0.2) is 12.4 Å². The van der Waals surface area contributed by atoms with E-state index in [-0.39, 0.29) is 12.4 Å². The van der Waals surface area contributed by atoms with E-state index in [0.717, 1.165) is 5.56 Å². The molecule has 0 unspecified atom stereocenters. The third-order valence-corrected chi connectivity index (χ3v) is 2.72. The minimum atomic E-state index is 0.0164. The summed E-state index contributed by atoms with van der Waals surface area (Å²) in [5, 5.41) is 0. The van der Waals surface area contributed by atoms with Crippen molar-refractivity contribution in [3.05, 3.63) is 71.3 Å². The molecule has 0 bridgehead atoms. The summed E-state index contributed by atoms with van der Waals surface area (Å²) in [5.41, 5.74) is 3.00. The number of ether oxygens (including phenoxy) is 1. The van der Waals surface area contributed by atoms with Crippen molar-refractivity contribution in [2.24, 2.45) is 0 Å². The molecular weight excluding hydrogens is 224 g/mol. The first-order valence-corrected chi connectivity index (χ1v) is 5.97. The molecule has 0 heterocycles. The Kier molecular flexibility index (Phi) is 4.26. The predicted molar refractivity (Wildman–Crippen MR) is 71.6 cm³/mol. The zero-order chi connectivity index (χ0) is 12.8. The Morgan fingerprint density at radius 2 is 1.67 bits per heavy atom. The molecule has 2 aromatic carbocycles. The highest BCUT2D eigenvalue weighted by Gasteiger charge is 2.04. The maximum atomic E-state index is 11.8. The molecule has 0 spiro atoms. The Balaban J connectivity index is 1.82. The van der Waals surface area contributed by atoms with E-state index in [1.807, 2.05) is 49.4 Å².